The molecule has 0 radical (unpaired) electrons. The summed E-state index contributed by atoms with van der Waals surface area (Å²) in [5, 5.41) is 46.1. The van der Waals surface area contributed by atoms with Gasteiger partial charge in [0, 0.05) is 0 Å². The Hall–Kier alpha value is -0.320. The molecule has 8 heteroatoms. The second-order valence-electron chi connectivity index (χ2n) is 4.11. The molecule has 108 valence electrons. The molecule has 0 aliphatic carbocycles. The Labute approximate surface area is 104 Å². The minimum absolute atomic E-state index is 0.387. The highest BCUT2D eigenvalue weighted by molar-refractivity contribution is 4.77. The van der Waals surface area contributed by atoms with Gasteiger partial charge in [-0.15, -0.1) is 0 Å². The van der Waals surface area contributed by atoms with E-state index in [-0.39, 0.29) is 0 Å². The van der Waals surface area contributed by atoms with Crippen LogP contribution in [0.15, 0.2) is 0 Å². The van der Waals surface area contributed by atoms with Crippen LogP contribution < -0.4 is 0 Å². The molecule has 1 aliphatic heterocycles. The van der Waals surface area contributed by atoms with Gasteiger partial charge < -0.3 is 39.7 Å². The first-order chi connectivity index (χ1) is 8.49. The molecule has 1 heterocycles. The highest BCUT2D eigenvalue weighted by Crippen LogP contribution is 2.18. The first-order valence-electron chi connectivity index (χ1n) is 5.68. The molecule has 1 fully saturated rings. The number of rotatable bonds is 9. The fourth-order valence-electron chi connectivity index (χ4n) is 1.29. The van der Waals surface area contributed by atoms with E-state index < -0.39 is 50.2 Å². The van der Waals surface area contributed by atoms with Crippen LogP contribution in [0.1, 0.15) is 6.92 Å². The Morgan fingerprint density at radius 1 is 1.22 bits per heavy atom. The molecular formula is C10H20O8. The van der Waals surface area contributed by atoms with Crippen molar-refractivity contribution < 1.29 is 39.7 Å². The Morgan fingerprint density at radius 2 is 1.83 bits per heavy atom. The normalized spacial score (nSPS) is 27.3. The van der Waals surface area contributed by atoms with Crippen LogP contribution in [-0.4, -0.2) is 82.3 Å². The van der Waals surface area contributed by atoms with Crippen molar-refractivity contribution in [3.05, 3.63) is 0 Å². The maximum Gasteiger partial charge on any atom is 0.186 e. The molecule has 0 aromatic carbocycles. The molecule has 0 aromatic rings. The molecular weight excluding hydrogens is 248 g/mol. The number of epoxide rings is 1. The average molecular weight is 268 g/mol. The third-order valence-electron chi connectivity index (χ3n) is 2.43. The van der Waals surface area contributed by atoms with E-state index in [2.05, 4.69) is 0 Å². The monoisotopic (exact) mass is 268 g/mol. The minimum atomic E-state index is -1.50. The highest BCUT2D eigenvalue weighted by atomic mass is 16.8. The number of aliphatic hydroxyl groups excluding tert-OH is 5. The van der Waals surface area contributed by atoms with E-state index >= 15 is 0 Å². The predicted octanol–water partition coefficient (Wildman–Crippen LogP) is -2.84. The predicted molar refractivity (Wildman–Crippen MR) is 57.4 cm³/mol. The summed E-state index contributed by atoms with van der Waals surface area (Å²) in [6.45, 7) is 0.526. The molecule has 6 atom stereocenters. The van der Waals surface area contributed by atoms with Crippen LogP contribution >= 0.6 is 0 Å². The van der Waals surface area contributed by atoms with Crippen LogP contribution in [0.4, 0.5) is 0 Å². The van der Waals surface area contributed by atoms with Gasteiger partial charge in [-0.2, -0.15) is 0 Å². The summed E-state index contributed by atoms with van der Waals surface area (Å²) in [6.07, 6.45) is -6.72. The van der Waals surface area contributed by atoms with E-state index in [0.717, 1.165) is 0 Å². The maximum atomic E-state index is 9.59. The summed E-state index contributed by atoms with van der Waals surface area (Å²) in [7, 11) is 0. The number of aliphatic hydroxyl groups is 5. The second-order valence-corrected chi connectivity index (χ2v) is 4.11. The van der Waals surface area contributed by atoms with Gasteiger partial charge in [-0.1, -0.05) is 0 Å². The molecule has 0 spiro atoms. The summed E-state index contributed by atoms with van der Waals surface area (Å²) in [6, 6.07) is 0. The largest absolute Gasteiger partial charge is 0.394 e. The summed E-state index contributed by atoms with van der Waals surface area (Å²) < 4.78 is 15.1. The van der Waals surface area contributed by atoms with Crippen LogP contribution in [0.5, 0.6) is 0 Å². The van der Waals surface area contributed by atoms with E-state index in [1.807, 2.05) is 0 Å². The minimum Gasteiger partial charge on any atom is -0.394 e. The topological polar surface area (TPSA) is 132 Å². The first kappa shape index (κ1) is 15.7. The molecule has 1 saturated heterocycles. The van der Waals surface area contributed by atoms with E-state index in [4.69, 9.17) is 24.4 Å². The molecule has 18 heavy (non-hydrogen) atoms. The van der Waals surface area contributed by atoms with Crippen molar-refractivity contribution in [1.29, 1.82) is 0 Å². The SMILES string of the molecule is C[C@H](O)[C@@H](OC1CO1)O[C@H](CO)[C@H](O)C(O)CO. The van der Waals surface area contributed by atoms with Crippen molar-refractivity contribution in [2.24, 2.45) is 0 Å². The van der Waals surface area contributed by atoms with Crippen LogP contribution in [-0.2, 0) is 14.2 Å². The van der Waals surface area contributed by atoms with Crippen molar-refractivity contribution in [2.75, 3.05) is 19.8 Å². The van der Waals surface area contributed by atoms with E-state index in [0.29, 0.717) is 6.61 Å². The maximum absolute atomic E-state index is 9.59. The Morgan fingerprint density at radius 3 is 2.22 bits per heavy atom. The van der Waals surface area contributed by atoms with Crippen molar-refractivity contribution in [3.8, 4) is 0 Å². The summed E-state index contributed by atoms with van der Waals surface area (Å²) in [5.41, 5.74) is 0. The van der Waals surface area contributed by atoms with E-state index in [9.17, 15) is 15.3 Å². The molecule has 0 bridgehead atoms. The van der Waals surface area contributed by atoms with Crippen molar-refractivity contribution >= 4 is 0 Å². The van der Waals surface area contributed by atoms with Crippen LogP contribution in [0, 0.1) is 0 Å². The molecule has 0 saturated carbocycles. The van der Waals surface area contributed by atoms with Crippen molar-refractivity contribution in [3.63, 3.8) is 0 Å². The second kappa shape index (κ2) is 7.31. The van der Waals surface area contributed by atoms with Gasteiger partial charge in [-0.25, -0.2) is 0 Å². The van der Waals surface area contributed by atoms with E-state index in [1.165, 1.54) is 6.92 Å². The van der Waals surface area contributed by atoms with Gasteiger partial charge in [-0.3, -0.25) is 0 Å². The lowest BCUT2D eigenvalue weighted by Crippen LogP contribution is -2.47. The van der Waals surface area contributed by atoms with Gasteiger partial charge in [-0.05, 0) is 6.92 Å². The summed E-state index contributed by atoms with van der Waals surface area (Å²) in [4.78, 5) is 0. The van der Waals surface area contributed by atoms with Crippen molar-refractivity contribution in [1.82, 2.24) is 0 Å². The number of ether oxygens (including phenoxy) is 3. The zero-order valence-electron chi connectivity index (χ0n) is 10.0. The van der Waals surface area contributed by atoms with Gasteiger partial charge in [0.25, 0.3) is 0 Å². The molecule has 0 aromatic heterocycles. The van der Waals surface area contributed by atoms with Crippen LogP contribution in [0.25, 0.3) is 0 Å². The molecule has 1 rings (SSSR count). The molecule has 5 N–H and O–H groups in total. The van der Waals surface area contributed by atoms with Crippen molar-refractivity contribution in [2.45, 2.75) is 43.9 Å². The fraction of sp³-hybridized carbons (Fsp3) is 1.00. The molecule has 8 nitrogen and oxygen atoms in total. The molecule has 1 aliphatic rings. The Kier molecular flexibility index (Phi) is 6.39. The number of hydrogen-bond acceptors (Lipinski definition) is 8. The zero-order valence-corrected chi connectivity index (χ0v) is 10.0. The summed E-state index contributed by atoms with van der Waals surface area (Å²) >= 11 is 0. The lowest BCUT2D eigenvalue weighted by molar-refractivity contribution is -0.254. The molecule has 2 unspecified atom stereocenters. The first-order valence-corrected chi connectivity index (χ1v) is 5.68. The molecule has 0 amide bonds. The van der Waals surface area contributed by atoms with Gasteiger partial charge in [0.05, 0.1) is 13.2 Å². The van der Waals surface area contributed by atoms with E-state index in [1.54, 1.807) is 0 Å². The third-order valence-corrected chi connectivity index (χ3v) is 2.43. The third kappa shape index (κ3) is 4.75. The van der Waals surface area contributed by atoms with Gasteiger partial charge >= 0.3 is 0 Å². The van der Waals surface area contributed by atoms with Crippen LogP contribution in [0.3, 0.4) is 0 Å². The smallest absolute Gasteiger partial charge is 0.186 e. The fourth-order valence-corrected chi connectivity index (χ4v) is 1.29. The van der Waals surface area contributed by atoms with Gasteiger partial charge in [0.15, 0.2) is 12.6 Å². The highest BCUT2D eigenvalue weighted by Gasteiger charge is 2.35. The lowest BCUT2D eigenvalue weighted by Gasteiger charge is -2.29. The van der Waals surface area contributed by atoms with Crippen LogP contribution in [0.2, 0.25) is 0 Å². The summed E-state index contributed by atoms with van der Waals surface area (Å²) in [5.74, 6) is 0. The van der Waals surface area contributed by atoms with Gasteiger partial charge in [0.1, 0.15) is 31.0 Å². The average Bonchev–Trinajstić information content (AvgIpc) is 3.16. The lowest BCUT2D eigenvalue weighted by atomic mass is 10.1. The quantitative estimate of drug-likeness (QED) is 0.223. The van der Waals surface area contributed by atoms with Gasteiger partial charge in [0.2, 0.25) is 0 Å². The zero-order chi connectivity index (χ0) is 13.7. The Bertz CT molecular complexity index is 232. The Balaban J connectivity index is 2.51. The number of hydrogen-bond donors (Lipinski definition) is 5. The standard InChI is InChI=1S/C10H20O8/c1-5(13)10(18-8-4-16-8)17-7(3-12)9(15)6(14)2-11/h5-15H,2-4H2,1H3/t5-,6?,7+,8?,9+,10+/m0/s1.